The van der Waals surface area contributed by atoms with Gasteiger partial charge in [-0.15, -0.1) is 0 Å². The highest BCUT2D eigenvalue weighted by Gasteiger charge is 2.08. The standard InChI is InChI=1S/C11H10Cl2N4O/c1-6(2)18-8-3-7(4-14-5-8)9-15-10(12)17-11(13)16-9/h3-6H,1-2H3. The van der Waals surface area contributed by atoms with E-state index in [4.69, 9.17) is 27.9 Å². The molecule has 5 nitrogen and oxygen atoms in total. The molecule has 0 spiro atoms. The Hall–Kier alpha value is -1.46. The van der Waals surface area contributed by atoms with Gasteiger partial charge in [0.05, 0.1) is 12.3 Å². The van der Waals surface area contributed by atoms with Crippen LogP contribution >= 0.6 is 23.2 Å². The summed E-state index contributed by atoms with van der Waals surface area (Å²) < 4.78 is 5.54. The fourth-order valence-electron chi connectivity index (χ4n) is 1.33. The zero-order chi connectivity index (χ0) is 13.1. The Morgan fingerprint density at radius 3 is 2.33 bits per heavy atom. The average molecular weight is 285 g/mol. The highest BCUT2D eigenvalue weighted by molar-refractivity contribution is 6.31. The van der Waals surface area contributed by atoms with E-state index in [-0.39, 0.29) is 16.7 Å². The second-order valence-electron chi connectivity index (χ2n) is 3.77. The molecular formula is C11H10Cl2N4O. The van der Waals surface area contributed by atoms with E-state index in [0.29, 0.717) is 17.1 Å². The van der Waals surface area contributed by atoms with Crippen LogP contribution in [0.5, 0.6) is 5.75 Å². The second-order valence-corrected chi connectivity index (χ2v) is 4.45. The Kier molecular flexibility index (Phi) is 3.93. The Bertz CT molecular complexity index is 542. The molecule has 0 aliphatic heterocycles. The number of pyridine rings is 1. The highest BCUT2D eigenvalue weighted by Crippen LogP contribution is 2.21. The molecule has 0 saturated heterocycles. The van der Waals surface area contributed by atoms with Crippen LogP contribution in [0.4, 0.5) is 0 Å². The summed E-state index contributed by atoms with van der Waals surface area (Å²) in [6.07, 6.45) is 3.29. The molecule has 0 aliphatic rings. The maximum Gasteiger partial charge on any atom is 0.227 e. The first-order chi connectivity index (χ1) is 8.54. The summed E-state index contributed by atoms with van der Waals surface area (Å²) >= 11 is 11.5. The number of rotatable bonds is 3. The van der Waals surface area contributed by atoms with Gasteiger partial charge in [0.15, 0.2) is 5.82 Å². The van der Waals surface area contributed by atoms with Crippen LogP contribution in [0, 0.1) is 0 Å². The van der Waals surface area contributed by atoms with Crippen LogP contribution in [0.2, 0.25) is 10.6 Å². The molecule has 2 aromatic rings. The molecule has 94 valence electrons. The molecule has 0 N–H and O–H groups in total. The van der Waals surface area contributed by atoms with Gasteiger partial charge < -0.3 is 4.74 Å². The van der Waals surface area contributed by atoms with Crippen molar-refractivity contribution in [3.8, 4) is 17.1 Å². The molecular weight excluding hydrogens is 275 g/mol. The van der Waals surface area contributed by atoms with Crippen molar-refractivity contribution in [2.24, 2.45) is 0 Å². The molecule has 2 aromatic heterocycles. The van der Waals surface area contributed by atoms with E-state index in [9.17, 15) is 0 Å². The number of hydrogen-bond acceptors (Lipinski definition) is 5. The maximum atomic E-state index is 5.73. The van der Waals surface area contributed by atoms with Crippen molar-refractivity contribution in [1.29, 1.82) is 0 Å². The number of nitrogens with zero attached hydrogens (tertiary/aromatic N) is 4. The average Bonchev–Trinajstić information content (AvgIpc) is 2.27. The van der Waals surface area contributed by atoms with Gasteiger partial charge in [0.1, 0.15) is 5.75 Å². The lowest BCUT2D eigenvalue weighted by atomic mass is 10.2. The zero-order valence-corrected chi connectivity index (χ0v) is 11.3. The summed E-state index contributed by atoms with van der Waals surface area (Å²) in [4.78, 5) is 15.7. The fourth-order valence-corrected chi connectivity index (χ4v) is 1.70. The van der Waals surface area contributed by atoms with Crippen molar-refractivity contribution in [3.63, 3.8) is 0 Å². The summed E-state index contributed by atoms with van der Waals surface area (Å²) in [5, 5.41) is 0.0837. The number of ether oxygens (including phenoxy) is 1. The topological polar surface area (TPSA) is 60.8 Å². The quantitative estimate of drug-likeness (QED) is 0.867. The van der Waals surface area contributed by atoms with E-state index >= 15 is 0 Å². The molecule has 0 fully saturated rings. The van der Waals surface area contributed by atoms with E-state index in [1.54, 1.807) is 18.5 Å². The van der Waals surface area contributed by atoms with E-state index < -0.39 is 0 Å². The van der Waals surface area contributed by atoms with Crippen LogP contribution in [0.1, 0.15) is 13.8 Å². The number of halogens is 2. The lowest BCUT2D eigenvalue weighted by Crippen LogP contribution is -2.06. The van der Waals surface area contributed by atoms with Gasteiger partial charge in [0.25, 0.3) is 0 Å². The van der Waals surface area contributed by atoms with Crippen molar-refractivity contribution in [3.05, 3.63) is 29.0 Å². The van der Waals surface area contributed by atoms with E-state index in [0.717, 1.165) is 0 Å². The highest BCUT2D eigenvalue weighted by atomic mass is 35.5. The monoisotopic (exact) mass is 284 g/mol. The zero-order valence-electron chi connectivity index (χ0n) is 9.76. The van der Waals surface area contributed by atoms with Gasteiger partial charge in [-0.25, -0.2) is 0 Å². The minimum Gasteiger partial charge on any atom is -0.489 e. The van der Waals surface area contributed by atoms with Gasteiger partial charge in [0.2, 0.25) is 10.6 Å². The number of aromatic nitrogens is 4. The minimum atomic E-state index is 0.0418. The third kappa shape index (κ3) is 3.27. The Balaban J connectivity index is 2.38. The largest absolute Gasteiger partial charge is 0.489 e. The molecule has 2 heterocycles. The van der Waals surface area contributed by atoms with Gasteiger partial charge in [-0.1, -0.05) is 0 Å². The summed E-state index contributed by atoms with van der Waals surface area (Å²) in [6, 6.07) is 1.77. The summed E-state index contributed by atoms with van der Waals surface area (Å²) in [5.74, 6) is 0.997. The van der Waals surface area contributed by atoms with Gasteiger partial charge in [-0.3, -0.25) is 4.98 Å². The lowest BCUT2D eigenvalue weighted by molar-refractivity contribution is 0.241. The third-order valence-corrected chi connectivity index (χ3v) is 2.26. The predicted octanol–water partition coefficient (Wildman–Crippen LogP) is 3.03. The van der Waals surface area contributed by atoms with Crippen molar-refractivity contribution in [2.75, 3.05) is 0 Å². The smallest absolute Gasteiger partial charge is 0.227 e. The van der Waals surface area contributed by atoms with E-state index in [1.165, 1.54) is 0 Å². The third-order valence-electron chi connectivity index (χ3n) is 1.92. The Morgan fingerprint density at radius 2 is 1.72 bits per heavy atom. The molecule has 18 heavy (non-hydrogen) atoms. The first-order valence-electron chi connectivity index (χ1n) is 5.24. The molecule has 0 atom stereocenters. The molecule has 7 heteroatoms. The van der Waals surface area contributed by atoms with Gasteiger partial charge in [0, 0.05) is 11.8 Å². The van der Waals surface area contributed by atoms with Crippen molar-refractivity contribution >= 4 is 23.2 Å². The van der Waals surface area contributed by atoms with Crippen LogP contribution in [0.3, 0.4) is 0 Å². The van der Waals surface area contributed by atoms with Crippen LogP contribution in [-0.4, -0.2) is 26.0 Å². The molecule has 0 amide bonds. The molecule has 2 rings (SSSR count). The number of hydrogen-bond donors (Lipinski definition) is 0. The first kappa shape index (κ1) is 13.0. The molecule has 0 aliphatic carbocycles. The van der Waals surface area contributed by atoms with E-state index in [1.807, 2.05) is 13.8 Å². The van der Waals surface area contributed by atoms with Crippen molar-refractivity contribution in [1.82, 2.24) is 19.9 Å². The Labute approximate surface area is 114 Å². The second kappa shape index (κ2) is 5.46. The summed E-state index contributed by atoms with van der Waals surface area (Å²) in [7, 11) is 0. The molecule has 0 bridgehead atoms. The van der Waals surface area contributed by atoms with Crippen molar-refractivity contribution in [2.45, 2.75) is 20.0 Å². The van der Waals surface area contributed by atoms with Gasteiger partial charge in [-0.2, -0.15) is 15.0 Å². The first-order valence-corrected chi connectivity index (χ1v) is 5.99. The van der Waals surface area contributed by atoms with Crippen LogP contribution in [0.15, 0.2) is 18.5 Å². The van der Waals surface area contributed by atoms with E-state index in [2.05, 4.69) is 19.9 Å². The summed E-state index contributed by atoms with van der Waals surface area (Å²) in [5.41, 5.74) is 0.666. The molecule has 0 unspecified atom stereocenters. The van der Waals surface area contributed by atoms with Crippen LogP contribution in [0.25, 0.3) is 11.4 Å². The SMILES string of the molecule is CC(C)Oc1cncc(-c2nc(Cl)nc(Cl)n2)c1. The molecule has 0 saturated carbocycles. The lowest BCUT2D eigenvalue weighted by Gasteiger charge is -2.09. The normalized spacial score (nSPS) is 10.7. The fraction of sp³-hybridized carbons (Fsp3) is 0.273. The van der Waals surface area contributed by atoms with Crippen LogP contribution < -0.4 is 4.74 Å². The van der Waals surface area contributed by atoms with Gasteiger partial charge >= 0.3 is 0 Å². The molecule has 0 aromatic carbocycles. The minimum absolute atomic E-state index is 0.0418. The van der Waals surface area contributed by atoms with Crippen molar-refractivity contribution < 1.29 is 4.74 Å². The predicted molar refractivity (Wildman–Crippen MR) is 68.8 cm³/mol. The molecule has 0 radical (unpaired) electrons. The maximum absolute atomic E-state index is 5.73. The van der Waals surface area contributed by atoms with Crippen LogP contribution in [-0.2, 0) is 0 Å². The van der Waals surface area contributed by atoms with Gasteiger partial charge in [-0.05, 0) is 43.1 Å². The Morgan fingerprint density at radius 1 is 1.06 bits per heavy atom. The summed E-state index contributed by atoms with van der Waals surface area (Å²) in [6.45, 7) is 3.87.